The van der Waals surface area contributed by atoms with Gasteiger partial charge in [-0.2, -0.15) is 0 Å². The van der Waals surface area contributed by atoms with E-state index in [0.29, 0.717) is 6.42 Å². The van der Waals surface area contributed by atoms with Crippen LogP contribution in [0.3, 0.4) is 0 Å². The smallest absolute Gasteiger partial charge is 0.155 e. The Hall–Kier alpha value is 0.630. The van der Waals surface area contributed by atoms with Gasteiger partial charge in [0.2, 0.25) is 0 Å². The molecule has 3 heteroatoms. The van der Waals surface area contributed by atoms with Gasteiger partial charge in [0.1, 0.15) is 0 Å². The van der Waals surface area contributed by atoms with E-state index in [1.54, 1.807) is 0 Å². The molecule has 1 unspecified atom stereocenters. The summed E-state index contributed by atoms with van der Waals surface area (Å²) in [5, 5.41) is 0. The number of rotatable bonds is 3. The molecule has 0 N–H and O–H groups in total. The average Bonchev–Trinajstić information content (AvgIpc) is 1.68. The lowest BCUT2D eigenvalue weighted by atomic mass is 10.6. The third-order valence-corrected chi connectivity index (χ3v) is 2.46. The molecular formula is C4H9FS2. The molecule has 0 amide bonds. The Morgan fingerprint density at radius 1 is 1.71 bits per heavy atom. The summed E-state index contributed by atoms with van der Waals surface area (Å²) in [5.41, 5.74) is -0.671. The second kappa shape index (κ2) is 4.78. The van der Waals surface area contributed by atoms with E-state index in [1.165, 1.54) is 21.6 Å². The van der Waals surface area contributed by atoms with Gasteiger partial charge >= 0.3 is 0 Å². The van der Waals surface area contributed by atoms with Crippen LogP contribution in [0.5, 0.6) is 0 Å². The van der Waals surface area contributed by atoms with Crippen molar-refractivity contribution in [2.24, 2.45) is 0 Å². The van der Waals surface area contributed by atoms with Gasteiger partial charge in [0.25, 0.3) is 0 Å². The lowest BCUT2D eigenvalue weighted by molar-refractivity contribution is 0.445. The first-order valence-electron chi connectivity index (χ1n) is 2.14. The van der Waals surface area contributed by atoms with E-state index in [1.807, 2.05) is 13.2 Å². The fraction of sp³-hybridized carbons (Fsp3) is 1.00. The van der Waals surface area contributed by atoms with Crippen molar-refractivity contribution >= 4 is 21.6 Å². The second-order valence-electron chi connectivity index (χ2n) is 1.08. The Labute approximate surface area is 51.6 Å². The Bertz CT molecular complexity index is 40.7. The Kier molecular flexibility index (Phi) is 5.21. The standard InChI is InChI=1S/C4H9FS2/c1-3-4(5)7-6-2/h4H,3H2,1-2H3. The summed E-state index contributed by atoms with van der Waals surface area (Å²) in [6.07, 6.45) is 2.50. The molecule has 7 heavy (non-hydrogen) atoms. The summed E-state index contributed by atoms with van der Waals surface area (Å²) in [6, 6.07) is 0. The van der Waals surface area contributed by atoms with E-state index < -0.39 is 5.50 Å². The van der Waals surface area contributed by atoms with Crippen LogP contribution in [0.25, 0.3) is 0 Å². The minimum Gasteiger partial charge on any atom is -0.235 e. The molecular weight excluding hydrogens is 131 g/mol. The molecule has 0 saturated carbocycles. The first-order valence-corrected chi connectivity index (χ1v) is 4.77. The van der Waals surface area contributed by atoms with Crippen LogP contribution in [0.1, 0.15) is 13.3 Å². The predicted molar refractivity (Wildman–Crippen MR) is 36.3 cm³/mol. The highest BCUT2D eigenvalue weighted by molar-refractivity contribution is 8.76. The van der Waals surface area contributed by atoms with Gasteiger partial charge in [-0.15, -0.1) is 0 Å². The van der Waals surface area contributed by atoms with Crippen LogP contribution in [0, 0.1) is 0 Å². The fourth-order valence-electron chi connectivity index (χ4n) is 0.172. The lowest BCUT2D eigenvalue weighted by Crippen LogP contribution is -1.84. The molecule has 0 rings (SSSR count). The summed E-state index contributed by atoms with van der Waals surface area (Å²) in [5.74, 6) is 0. The van der Waals surface area contributed by atoms with E-state index in [2.05, 4.69) is 0 Å². The highest BCUT2D eigenvalue weighted by atomic mass is 33.1. The van der Waals surface area contributed by atoms with Crippen LogP contribution >= 0.6 is 21.6 Å². The SMILES string of the molecule is CCC(F)SSC. The number of hydrogen-bond acceptors (Lipinski definition) is 2. The molecule has 44 valence electrons. The quantitative estimate of drug-likeness (QED) is 0.553. The van der Waals surface area contributed by atoms with Gasteiger partial charge < -0.3 is 0 Å². The van der Waals surface area contributed by atoms with Crippen molar-refractivity contribution < 1.29 is 4.39 Å². The molecule has 0 saturated heterocycles. The minimum absolute atomic E-state index is 0.617. The van der Waals surface area contributed by atoms with Crippen LogP contribution in [0.4, 0.5) is 4.39 Å². The van der Waals surface area contributed by atoms with Crippen LogP contribution < -0.4 is 0 Å². The maximum atomic E-state index is 12.1. The molecule has 0 nitrogen and oxygen atoms in total. The number of hydrogen-bond donors (Lipinski definition) is 0. The van der Waals surface area contributed by atoms with Gasteiger partial charge in [-0.05, 0) is 12.7 Å². The topological polar surface area (TPSA) is 0 Å². The van der Waals surface area contributed by atoms with Gasteiger partial charge in [-0.25, -0.2) is 4.39 Å². The van der Waals surface area contributed by atoms with Crippen molar-refractivity contribution in [3.05, 3.63) is 0 Å². The molecule has 0 aromatic rings. The number of halogens is 1. The summed E-state index contributed by atoms with van der Waals surface area (Å²) < 4.78 is 12.1. The zero-order valence-electron chi connectivity index (χ0n) is 4.48. The van der Waals surface area contributed by atoms with Gasteiger partial charge in [-0.3, -0.25) is 0 Å². The molecule has 0 radical (unpaired) electrons. The highest BCUT2D eigenvalue weighted by Crippen LogP contribution is 2.26. The van der Waals surface area contributed by atoms with Crippen LogP contribution in [-0.2, 0) is 0 Å². The zero-order valence-corrected chi connectivity index (χ0v) is 6.11. The van der Waals surface area contributed by atoms with Crippen molar-refractivity contribution in [1.29, 1.82) is 0 Å². The van der Waals surface area contributed by atoms with Crippen LogP contribution in [0.15, 0.2) is 0 Å². The molecule has 0 heterocycles. The molecule has 0 spiro atoms. The molecule has 1 atom stereocenters. The molecule has 0 aromatic carbocycles. The zero-order chi connectivity index (χ0) is 5.70. The largest absolute Gasteiger partial charge is 0.235 e. The lowest BCUT2D eigenvalue weighted by Gasteiger charge is -1.97. The Morgan fingerprint density at radius 3 is 2.43 bits per heavy atom. The monoisotopic (exact) mass is 140 g/mol. The average molecular weight is 140 g/mol. The molecule has 0 bridgehead atoms. The second-order valence-corrected chi connectivity index (χ2v) is 3.70. The first-order chi connectivity index (χ1) is 3.31. The highest BCUT2D eigenvalue weighted by Gasteiger charge is 1.98. The van der Waals surface area contributed by atoms with Crippen molar-refractivity contribution in [3.8, 4) is 0 Å². The fourth-order valence-corrected chi connectivity index (χ4v) is 1.55. The maximum absolute atomic E-state index is 12.1. The van der Waals surface area contributed by atoms with Gasteiger partial charge in [0, 0.05) is 0 Å². The summed E-state index contributed by atoms with van der Waals surface area (Å²) in [4.78, 5) is 0. The summed E-state index contributed by atoms with van der Waals surface area (Å²) in [6.45, 7) is 1.84. The van der Waals surface area contributed by atoms with E-state index in [-0.39, 0.29) is 0 Å². The Morgan fingerprint density at radius 2 is 2.29 bits per heavy atom. The maximum Gasteiger partial charge on any atom is 0.155 e. The minimum atomic E-state index is -0.671. The van der Waals surface area contributed by atoms with Crippen molar-refractivity contribution in [2.75, 3.05) is 6.26 Å². The van der Waals surface area contributed by atoms with Gasteiger partial charge in [0.05, 0.1) is 0 Å². The van der Waals surface area contributed by atoms with Crippen LogP contribution in [-0.4, -0.2) is 11.8 Å². The molecule has 0 aliphatic carbocycles. The van der Waals surface area contributed by atoms with E-state index in [0.717, 1.165) is 0 Å². The Balaban J connectivity index is 2.83. The van der Waals surface area contributed by atoms with Gasteiger partial charge in [0.15, 0.2) is 5.50 Å². The van der Waals surface area contributed by atoms with Crippen molar-refractivity contribution in [2.45, 2.75) is 18.8 Å². The summed E-state index contributed by atoms with van der Waals surface area (Å²) >= 11 is 0. The van der Waals surface area contributed by atoms with Crippen molar-refractivity contribution in [3.63, 3.8) is 0 Å². The van der Waals surface area contributed by atoms with E-state index >= 15 is 0 Å². The van der Waals surface area contributed by atoms with Gasteiger partial charge in [-0.1, -0.05) is 28.5 Å². The van der Waals surface area contributed by atoms with Crippen molar-refractivity contribution in [1.82, 2.24) is 0 Å². The third kappa shape index (κ3) is 4.48. The predicted octanol–water partition coefficient (Wildman–Crippen LogP) is 2.70. The molecule has 0 fully saturated rings. The van der Waals surface area contributed by atoms with E-state index in [4.69, 9.17) is 0 Å². The molecule has 0 aromatic heterocycles. The molecule has 0 aliphatic heterocycles. The third-order valence-electron chi connectivity index (χ3n) is 0.522. The normalized spacial score (nSPS) is 14.1. The first kappa shape index (κ1) is 7.63. The molecule has 0 aliphatic rings. The number of alkyl halides is 1. The van der Waals surface area contributed by atoms with Crippen LogP contribution in [0.2, 0.25) is 0 Å². The summed E-state index contributed by atoms with van der Waals surface area (Å²) in [7, 11) is 2.76. The van der Waals surface area contributed by atoms with E-state index in [9.17, 15) is 4.39 Å².